The van der Waals surface area contributed by atoms with E-state index < -0.39 is 34.7 Å². The van der Waals surface area contributed by atoms with Crippen molar-refractivity contribution in [3.05, 3.63) is 63.7 Å². The number of benzene rings is 2. The third-order valence-corrected chi connectivity index (χ3v) is 4.92. The Hall–Kier alpha value is -3.95. The first-order valence-electron chi connectivity index (χ1n) is 8.62. The first kappa shape index (κ1) is 19.8. The van der Waals surface area contributed by atoms with Gasteiger partial charge in [-0.2, -0.15) is 0 Å². The number of carbonyl (C=O) groups excluding carboxylic acids is 2. The molecule has 1 aliphatic heterocycles. The van der Waals surface area contributed by atoms with E-state index in [9.17, 15) is 24.5 Å². The monoisotopic (exact) mass is 398 g/mol. The number of hydrogen-bond acceptors (Lipinski definition) is 6. The van der Waals surface area contributed by atoms with Crippen molar-refractivity contribution in [1.82, 2.24) is 0 Å². The summed E-state index contributed by atoms with van der Waals surface area (Å²) in [6.45, 7) is 0. The number of hydrogen-bond donors (Lipinski definition) is 3. The molecule has 0 radical (unpaired) electrons. The summed E-state index contributed by atoms with van der Waals surface area (Å²) >= 11 is 0. The summed E-state index contributed by atoms with van der Waals surface area (Å²) < 4.78 is 0. The molecule has 0 aromatic heterocycles. The average Bonchev–Trinajstić information content (AvgIpc) is 2.66. The number of amides is 2. The van der Waals surface area contributed by atoms with Crippen LogP contribution in [0, 0.1) is 16.0 Å². The largest absolute Gasteiger partial charge is 0.478 e. The van der Waals surface area contributed by atoms with Crippen LogP contribution in [0.4, 0.5) is 17.1 Å². The molecule has 0 spiro atoms. The van der Waals surface area contributed by atoms with Crippen molar-refractivity contribution in [3.8, 4) is 0 Å². The molecule has 1 heterocycles. The van der Waals surface area contributed by atoms with Gasteiger partial charge in [0.15, 0.2) is 0 Å². The van der Waals surface area contributed by atoms with Crippen LogP contribution in [0.15, 0.2) is 42.5 Å². The van der Waals surface area contributed by atoms with Crippen LogP contribution < -0.4 is 16.0 Å². The quantitative estimate of drug-likeness (QED) is 0.490. The highest BCUT2D eigenvalue weighted by atomic mass is 16.6. The molecule has 2 aromatic carbocycles. The van der Waals surface area contributed by atoms with Gasteiger partial charge in [-0.3, -0.25) is 19.7 Å². The van der Waals surface area contributed by atoms with E-state index in [4.69, 9.17) is 10.8 Å². The van der Waals surface area contributed by atoms with Crippen molar-refractivity contribution in [3.63, 3.8) is 0 Å². The van der Waals surface area contributed by atoms with Gasteiger partial charge in [0.2, 0.25) is 11.8 Å². The van der Waals surface area contributed by atoms with E-state index in [0.29, 0.717) is 11.3 Å². The van der Waals surface area contributed by atoms with Crippen LogP contribution in [0.5, 0.6) is 0 Å². The SMILES string of the molecule is CN1c2ccc([N+](=O)[O-])cc2NC(=O)C1C(Cc1ccc(C(=O)O)cc1)C(N)=O. The third kappa shape index (κ3) is 3.86. The zero-order valence-corrected chi connectivity index (χ0v) is 15.4. The maximum Gasteiger partial charge on any atom is 0.335 e. The number of non-ortho nitro benzene ring substituents is 1. The fourth-order valence-corrected chi connectivity index (χ4v) is 3.44. The molecule has 2 unspecified atom stereocenters. The minimum atomic E-state index is -1.07. The predicted molar refractivity (Wildman–Crippen MR) is 104 cm³/mol. The van der Waals surface area contributed by atoms with E-state index in [-0.39, 0.29) is 23.4 Å². The number of aromatic carboxylic acids is 1. The first-order valence-corrected chi connectivity index (χ1v) is 8.62. The maximum absolute atomic E-state index is 12.7. The highest BCUT2D eigenvalue weighted by Crippen LogP contribution is 2.36. The number of nitro groups is 1. The van der Waals surface area contributed by atoms with Gasteiger partial charge in [0.1, 0.15) is 6.04 Å². The molecule has 0 saturated heterocycles. The van der Waals surface area contributed by atoms with Gasteiger partial charge in [-0.1, -0.05) is 12.1 Å². The molecule has 10 nitrogen and oxygen atoms in total. The van der Waals surface area contributed by atoms with Crippen molar-refractivity contribution in [2.24, 2.45) is 11.7 Å². The third-order valence-electron chi connectivity index (χ3n) is 4.92. The number of nitro benzene ring substituents is 1. The molecule has 4 N–H and O–H groups in total. The second kappa shape index (κ2) is 7.58. The number of carbonyl (C=O) groups is 3. The zero-order chi connectivity index (χ0) is 21.3. The van der Waals surface area contributed by atoms with Gasteiger partial charge in [0.05, 0.1) is 27.8 Å². The minimum absolute atomic E-state index is 0.104. The number of fused-ring (bicyclic) bond motifs is 1. The lowest BCUT2D eigenvalue weighted by atomic mass is 9.88. The summed E-state index contributed by atoms with van der Waals surface area (Å²) in [5, 5.41) is 22.6. The van der Waals surface area contributed by atoms with Crippen LogP contribution in [-0.2, 0) is 16.0 Å². The van der Waals surface area contributed by atoms with E-state index in [1.54, 1.807) is 24.1 Å². The van der Waals surface area contributed by atoms with Crippen LogP contribution in [0.25, 0.3) is 0 Å². The Balaban J connectivity index is 1.91. The summed E-state index contributed by atoms with van der Waals surface area (Å²) in [7, 11) is 1.61. The van der Waals surface area contributed by atoms with Gasteiger partial charge in [-0.05, 0) is 30.2 Å². The number of primary amides is 1. The van der Waals surface area contributed by atoms with Gasteiger partial charge < -0.3 is 21.1 Å². The fraction of sp³-hybridized carbons (Fsp3) is 0.211. The van der Waals surface area contributed by atoms with Crippen LogP contribution in [0.3, 0.4) is 0 Å². The molecule has 1 aliphatic rings. The molecule has 0 saturated carbocycles. The maximum atomic E-state index is 12.7. The van der Waals surface area contributed by atoms with Crippen molar-refractivity contribution >= 4 is 34.8 Å². The lowest BCUT2D eigenvalue weighted by Gasteiger charge is -2.38. The number of rotatable bonds is 6. The van der Waals surface area contributed by atoms with Crippen LogP contribution in [0.2, 0.25) is 0 Å². The smallest absolute Gasteiger partial charge is 0.335 e. The van der Waals surface area contributed by atoms with E-state index in [2.05, 4.69) is 5.32 Å². The number of nitrogens with zero attached hydrogens (tertiary/aromatic N) is 2. The lowest BCUT2D eigenvalue weighted by Crippen LogP contribution is -2.54. The molecular weight excluding hydrogens is 380 g/mol. The molecule has 150 valence electrons. The van der Waals surface area contributed by atoms with Crippen molar-refractivity contribution in [1.29, 1.82) is 0 Å². The highest BCUT2D eigenvalue weighted by molar-refractivity contribution is 6.06. The molecule has 2 atom stereocenters. The zero-order valence-electron chi connectivity index (χ0n) is 15.4. The molecule has 0 bridgehead atoms. The van der Waals surface area contributed by atoms with Gasteiger partial charge >= 0.3 is 5.97 Å². The van der Waals surface area contributed by atoms with Crippen LogP contribution >= 0.6 is 0 Å². The molecular formula is C19H18N4O6. The summed E-state index contributed by atoms with van der Waals surface area (Å²) in [5.74, 6) is -3.17. The molecule has 2 aromatic rings. The standard InChI is InChI=1S/C19H18N4O6/c1-22-15-7-6-12(23(28)29)9-14(15)21-18(25)16(22)13(17(20)24)8-10-2-4-11(5-3-10)19(26)27/h2-7,9,13,16H,8H2,1H3,(H2,20,24)(H,21,25)(H,26,27). The Morgan fingerprint density at radius 3 is 2.48 bits per heavy atom. The Bertz CT molecular complexity index is 1000. The average molecular weight is 398 g/mol. The molecule has 0 aliphatic carbocycles. The molecule has 3 rings (SSSR count). The van der Waals surface area contributed by atoms with Gasteiger partial charge in [-0.15, -0.1) is 0 Å². The lowest BCUT2D eigenvalue weighted by molar-refractivity contribution is -0.384. The number of likely N-dealkylation sites (N-methyl/N-ethyl adjacent to an activating group) is 1. The summed E-state index contributed by atoms with van der Waals surface area (Å²) in [5.41, 5.74) is 6.95. The van der Waals surface area contributed by atoms with Crippen LogP contribution in [0.1, 0.15) is 15.9 Å². The highest BCUT2D eigenvalue weighted by Gasteiger charge is 2.40. The van der Waals surface area contributed by atoms with Crippen LogP contribution in [-0.4, -0.2) is 40.9 Å². The summed E-state index contributed by atoms with van der Waals surface area (Å²) in [4.78, 5) is 47.8. The number of anilines is 2. The first-order chi connectivity index (χ1) is 13.7. The molecule has 10 heteroatoms. The van der Waals surface area contributed by atoms with Crippen molar-refractivity contribution < 1.29 is 24.4 Å². The van der Waals surface area contributed by atoms with E-state index in [0.717, 1.165) is 0 Å². The van der Waals surface area contributed by atoms with E-state index in [1.165, 1.54) is 30.3 Å². The molecule has 2 amide bonds. The number of nitrogens with two attached hydrogens (primary N) is 1. The minimum Gasteiger partial charge on any atom is -0.478 e. The Morgan fingerprint density at radius 2 is 1.93 bits per heavy atom. The van der Waals surface area contributed by atoms with Crippen molar-refractivity contribution in [2.75, 3.05) is 17.3 Å². The number of carboxylic acids is 1. The summed E-state index contributed by atoms with van der Waals surface area (Å²) in [6.07, 6.45) is 0.125. The van der Waals surface area contributed by atoms with E-state index in [1.807, 2.05) is 0 Å². The topological polar surface area (TPSA) is 156 Å². The number of carboxylic acid groups (broad SMARTS) is 1. The Morgan fingerprint density at radius 1 is 1.28 bits per heavy atom. The molecule has 0 fully saturated rings. The summed E-state index contributed by atoms with van der Waals surface area (Å²) in [6, 6.07) is 9.09. The Labute approximate surface area is 165 Å². The second-order valence-electron chi connectivity index (χ2n) is 6.72. The van der Waals surface area contributed by atoms with Gasteiger partial charge in [-0.25, -0.2) is 4.79 Å². The molecule has 29 heavy (non-hydrogen) atoms. The van der Waals surface area contributed by atoms with Crippen molar-refractivity contribution in [2.45, 2.75) is 12.5 Å². The van der Waals surface area contributed by atoms with Gasteiger partial charge in [0.25, 0.3) is 5.69 Å². The number of nitrogens with one attached hydrogen (secondary N) is 1. The normalized spacial score (nSPS) is 16.5. The fourth-order valence-electron chi connectivity index (χ4n) is 3.44. The van der Waals surface area contributed by atoms with E-state index >= 15 is 0 Å². The predicted octanol–water partition coefficient (Wildman–Crippen LogP) is 1.39. The Kier molecular flexibility index (Phi) is 5.18. The second-order valence-corrected chi connectivity index (χ2v) is 6.72. The van der Waals surface area contributed by atoms with Gasteiger partial charge in [0, 0.05) is 19.2 Å².